The van der Waals surface area contributed by atoms with Crippen LogP contribution in [0.25, 0.3) is 0 Å². The second kappa shape index (κ2) is 6.86. The van der Waals surface area contributed by atoms with Gasteiger partial charge < -0.3 is 15.8 Å². The number of para-hydroxylation sites is 1. The molecule has 3 N–H and O–H groups in total. The van der Waals surface area contributed by atoms with E-state index in [4.69, 9.17) is 10.5 Å². The Balaban J connectivity index is 1.87. The number of methoxy groups -OCH3 is 1. The first-order valence-electron chi connectivity index (χ1n) is 6.10. The van der Waals surface area contributed by atoms with Gasteiger partial charge in [0.05, 0.1) is 12.9 Å². The monoisotopic (exact) mass is 288 g/mol. The van der Waals surface area contributed by atoms with Crippen molar-refractivity contribution >= 4 is 29.0 Å². The third-order valence-electron chi connectivity index (χ3n) is 2.65. The topological polar surface area (TPSA) is 64.3 Å². The number of hydrogen-bond donors (Lipinski definition) is 2. The quantitative estimate of drug-likeness (QED) is 0.655. The first-order chi connectivity index (χ1) is 9.69. The normalized spacial score (nSPS) is 10.1. The number of ether oxygens (including phenoxy) is 1. The van der Waals surface area contributed by atoms with Crippen LogP contribution in [-0.2, 0) is 4.79 Å². The van der Waals surface area contributed by atoms with Gasteiger partial charge >= 0.3 is 0 Å². The van der Waals surface area contributed by atoms with Crippen LogP contribution in [0.4, 0.5) is 11.4 Å². The number of carbonyl (C=O) groups excluding carboxylic acids is 1. The van der Waals surface area contributed by atoms with Crippen LogP contribution in [0.5, 0.6) is 5.75 Å². The fraction of sp³-hybridized carbons (Fsp3) is 0.133. The number of hydrogen-bond acceptors (Lipinski definition) is 4. The van der Waals surface area contributed by atoms with Crippen LogP contribution < -0.4 is 15.8 Å². The molecular weight excluding hydrogens is 272 g/mol. The highest BCUT2D eigenvalue weighted by Crippen LogP contribution is 2.24. The lowest BCUT2D eigenvalue weighted by Crippen LogP contribution is -2.14. The minimum atomic E-state index is -0.0663. The van der Waals surface area contributed by atoms with Gasteiger partial charge in [-0.25, -0.2) is 0 Å². The molecule has 0 heterocycles. The van der Waals surface area contributed by atoms with Gasteiger partial charge in [-0.2, -0.15) is 0 Å². The Morgan fingerprint density at radius 1 is 1.20 bits per heavy atom. The standard InChI is InChI=1S/C15H16N2O2S/c1-19-12-8-6-11(7-9-12)17-15(18)10-20-14-5-3-2-4-13(14)16/h2-9H,10,16H2,1H3,(H,17,18). The zero-order chi connectivity index (χ0) is 14.4. The summed E-state index contributed by atoms with van der Waals surface area (Å²) in [7, 11) is 1.61. The minimum absolute atomic E-state index is 0.0663. The van der Waals surface area contributed by atoms with Gasteiger partial charge in [0.15, 0.2) is 0 Å². The third-order valence-corrected chi connectivity index (χ3v) is 3.74. The largest absolute Gasteiger partial charge is 0.497 e. The van der Waals surface area contributed by atoms with E-state index in [-0.39, 0.29) is 5.91 Å². The van der Waals surface area contributed by atoms with Crippen molar-refractivity contribution in [2.24, 2.45) is 0 Å². The second-order valence-electron chi connectivity index (χ2n) is 4.10. The van der Waals surface area contributed by atoms with Crippen LogP contribution in [0.2, 0.25) is 0 Å². The average Bonchev–Trinajstić information content (AvgIpc) is 2.47. The molecule has 0 bridgehead atoms. The molecule has 0 saturated carbocycles. The zero-order valence-corrected chi connectivity index (χ0v) is 11.9. The Labute approximate surface area is 122 Å². The molecule has 0 spiro atoms. The SMILES string of the molecule is COc1ccc(NC(=O)CSc2ccccc2N)cc1. The predicted molar refractivity (Wildman–Crippen MR) is 83.2 cm³/mol. The lowest BCUT2D eigenvalue weighted by molar-refractivity contribution is -0.113. The van der Waals surface area contributed by atoms with Crippen LogP contribution in [0.1, 0.15) is 0 Å². The number of benzene rings is 2. The first-order valence-corrected chi connectivity index (χ1v) is 7.09. The fourth-order valence-electron chi connectivity index (χ4n) is 1.63. The van der Waals surface area contributed by atoms with Crippen molar-refractivity contribution in [3.05, 3.63) is 48.5 Å². The Bertz CT molecular complexity index is 585. The molecule has 0 aliphatic heterocycles. The van der Waals surface area contributed by atoms with Crippen molar-refractivity contribution in [2.75, 3.05) is 23.9 Å². The van der Waals surface area contributed by atoms with E-state index in [0.29, 0.717) is 11.4 Å². The number of amides is 1. The summed E-state index contributed by atoms with van der Waals surface area (Å²) >= 11 is 1.42. The smallest absolute Gasteiger partial charge is 0.234 e. The van der Waals surface area contributed by atoms with Crippen molar-refractivity contribution < 1.29 is 9.53 Å². The summed E-state index contributed by atoms with van der Waals surface area (Å²) in [5.41, 5.74) is 7.26. The molecule has 0 aliphatic carbocycles. The molecule has 104 valence electrons. The molecule has 20 heavy (non-hydrogen) atoms. The molecule has 0 atom stereocenters. The first kappa shape index (κ1) is 14.3. The summed E-state index contributed by atoms with van der Waals surface area (Å²) < 4.78 is 5.06. The van der Waals surface area contributed by atoms with Crippen molar-refractivity contribution in [3.8, 4) is 5.75 Å². The summed E-state index contributed by atoms with van der Waals surface area (Å²) in [5.74, 6) is 1.01. The van der Waals surface area contributed by atoms with Gasteiger partial charge in [0, 0.05) is 16.3 Å². The summed E-state index contributed by atoms with van der Waals surface area (Å²) in [5, 5.41) is 2.83. The summed E-state index contributed by atoms with van der Waals surface area (Å²) in [6.07, 6.45) is 0. The van der Waals surface area contributed by atoms with E-state index < -0.39 is 0 Å². The van der Waals surface area contributed by atoms with E-state index in [9.17, 15) is 4.79 Å². The van der Waals surface area contributed by atoms with Crippen molar-refractivity contribution in [1.29, 1.82) is 0 Å². The van der Waals surface area contributed by atoms with E-state index >= 15 is 0 Å². The summed E-state index contributed by atoms with van der Waals surface area (Å²) in [6, 6.07) is 14.7. The van der Waals surface area contributed by atoms with Crippen LogP contribution in [-0.4, -0.2) is 18.8 Å². The van der Waals surface area contributed by atoms with Crippen LogP contribution >= 0.6 is 11.8 Å². The summed E-state index contributed by atoms with van der Waals surface area (Å²) in [4.78, 5) is 12.8. The molecule has 0 aromatic heterocycles. The Kier molecular flexibility index (Phi) is 4.90. The number of nitrogens with one attached hydrogen (secondary N) is 1. The molecule has 0 saturated heterocycles. The molecule has 0 unspecified atom stereocenters. The summed E-state index contributed by atoms with van der Waals surface area (Å²) in [6.45, 7) is 0. The van der Waals surface area contributed by atoms with E-state index in [1.54, 1.807) is 31.4 Å². The molecule has 2 aromatic carbocycles. The third kappa shape index (κ3) is 3.93. The lowest BCUT2D eigenvalue weighted by atomic mass is 10.3. The highest BCUT2D eigenvalue weighted by Gasteiger charge is 2.05. The van der Waals surface area contributed by atoms with Crippen LogP contribution in [0, 0.1) is 0 Å². The molecule has 1 amide bonds. The molecule has 2 rings (SSSR count). The van der Waals surface area contributed by atoms with E-state index in [1.165, 1.54) is 11.8 Å². The Hall–Kier alpha value is -2.14. The molecule has 0 fully saturated rings. The molecular formula is C15H16N2O2S. The van der Waals surface area contributed by atoms with Gasteiger partial charge in [0.1, 0.15) is 5.75 Å². The number of rotatable bonds is 5. The maximum Gasteiger partial charge on any atom is 0.234 e. The molecule has 4 nitrogen and oxygen atoms in total. The molecule has 2 aromatic rings. The minimum Gasteiger partial charge on any atom is -0.497 e. The number of nitrogens with two attached hydrogens (primary N) is 1. The highest BCUT2D eigenvalue weighted by atomic mass is 32.2. The fourth-order valence-corrected chi connectivity index (χ4v) is 2.39. The molecule has 0 aliphatic rings. The number of nitrogen functional groups attached to an aromatic ring is 1. The second-order valence-corrected chi connectivity index (χ2v) is 5.12. The lowest BCUT2D eigenvalue weighted by Gasteiger charge is -2.07. The van der Waals surface area contributed by atoms with Crippen molar-refractivity contribution in [3.63, 3.8) is 0 Å². The van der Waals surface area contributed by atoms with Crippen molar-refractivity contribution in [2.45, 2.75) is 4.90 Å². The molecule has 5 heteroatoms. The Morgan fingerprint density at radius 2 is 1.90 bits per heavy atom. The van der Waals surface area contributed by atoms with E-state index in [0.717, 1.165) is 16.3 Å². The van der Waals surface area contributed by atoms with Gasteiger partial charge in [0.25, 0.3) is 0 Å². The number of anilines is 2. The molecule has 0 radical (unpaired) electrons. The van der Waals surface area contributed by atoms with E-state index in [2.05, 4.69) is 5.32 Å². The van der Waals surface area contributed by atoms with Crippen molar-refractivity contribution in [1.82, 2.24) is 0 Å². The maximum atomic E-state index is 11.8. The number of thioether (sulfide) groups is 1. The van der Waals surface area contributed by atoms with Crippen LogP contribution in [0.15, 0.2) is 53.4 Å². The van der Waals surface area contributed by atoms with Gasteiger partial charge in [0.2, 0.25) is 5.91 Å². The zero-order valence-electron chi connectivity index (χ0n) is 11.1. The van der Waals surface area contributed by atoms with Crippen LogP contribution in [0.3, 0.4) is 0 Å². The Morgan fingerprint density at radius 3 is 2.55 bits per heavy atom. The van der Waals surface area contributed by atoms with Gasteiger partial charge in [-0.3, -0.25) is 4.79 Å². The highest BCUT2D eigenvalue weighted by molar-refractivity contribution is 8.00. The van der Waals surface area contributed by atoms with Gasteiger partial charge in [-0.15, -0.1) is 11.8 Å². The van der Waals surface area contributed by atoms with Gasteiger partial charge in [-0.1, -0.05) is 12.1 Å². The average molecular weight is 288 g/mol. The number of carbonyl (C=O) groups is 1. The predicted octanol–water partition coefficient (Wildman–Crippen LogP) is 3.01. The maximum absolute atomic E-state index is 11.8. The van der Waals surface area contributed by atoms with E-state index in [1.807, 2.05) is 24.3 Å². The van der Waals surface area contributed by atoms with Gasteiger partial charge in [-0.05, 0) is 36.4 Å².